The Morgan fingerprint density at radius 3 is 2.41 bits per heavy atom. The molecule has 0 bridgehead atoms. The molecule has 1 atom stereocenters. The van der Waals surface area contributed by atoms with E-state index in [0.29, 0.717) is 10.9 Å². The molecular weight excluding hydrogens is 504 g/mol. The largest absolute Gasteiger partial charge is 0.337 e. The predicted molar refractivity (Wildman–Crippen MR) is 160 cm³/mol. The minimum Gasteiger partial charge on any atom is -0.337 e. The summed E-state index contributed by atoms with van der Waals surface area (Å²) >= 11 is 6.55. The van der Waals surface area contributed by atoms with E-state index in [1.807, 2.05) is 90.5 Å². The molecule has 7 heteroatoms. The third-order valence-corrected chi connectivity index (χ3v) is 7.32. The molecule has 1 N–H and O–H groups in total. The summed E-state index contributed by atoms with van der Waals surface area (Å²) in [6.45, 7) is 4.13. The Labute approximate surface area is 231 Å². The van der Waals surface area contributed by atoms with E-state index in [0.717, 1.165) is 56.8 Å². The molecule has 1 aromatic heterocycles. The van der Waals surface area contributed by atoms with Gasteiger partial charge in [-0.15, -0.1) is 0 Å². The minimum atomic E-state index is -0.213. The summed E-state index contributed by atoms with van der Waals surface area (Å²) in [7, 11) is 0. The molecule has 5 aromatic rings. The molecule has 0 spiro atoms. The predicted octanol–water partition coefficient (Wildman–Crippen LogP) is 7.94. The normalized spacial score (nSPS) is 15.6. The Kier molecular flexibility index (Phi) is 5.56. The van der Waals surface area contributed by atoms with Gasteiger partial charge in [-0.2, -0.15) is 5.10 Å². The van der Waals surface area contributed by atoms with Crippen molar-refractivity contribution in [3.63, 3.8) is 0 Å². The number of aryl methyl sites for hydroxylation is 2. The van der Waals surface area contributed by atoms with Crippen molar-refractivity contribution in [2.45, 2.75) is 19.9 Å². The van der Waals surface area contributed by atoms with Crippen LogP contribution in [0.4, 0.5) is 22.9 Å². The highest BCUT2D eigenvalue weighted by Crippen LogP contribution is 2.48. The Morgan fingerprint density at radius 2 is 1.59 bits per heavy atom. The second-order valence-corrected chi connectivity index (χ2v) is 10.2. The fourth-order valence-electron chi connectivity index (χ4n) is 5.40. The second kappa shape index (κ2) is 9.26. The van der Waals surface area contributed by atoms with Gasteiger partial charge in [-0.25, -0.2) is 14.7 Å². The van der Waals surface area contributed by atoms with Gasteiger partial charge in [0.05, 0.1) is 28.8 Å². The van der Waals surface area contributed by atoms with Gasteiger partial charge in [0.1, 0.15) is 0 Å². The van der Waals surface area contributed by atoms with Gasteiger partial charge < -0.3 is 10.2 Å². The summed E-state index contributed by atoms with van der Waals surface area (Å²) in [5.41, 5.74) is 7.92. The van der Waals surface area contributed by atoms with E-state index in [4.69, 9.17) is 26.7 Å². The summed E-state index contributed by atoms with van der Waals surface area (Å²) in [6.07, 6.45) is 0. The monoisotopic (exact) mass is 528 g/mol. The number of hydrogen-bond donors (Lipinski definition) is 1. The van der Waals surface area contributed by atoms with Crippen molar-refractivity contribution in [3.8, 4) is 5.69 Å². The molecule has 0 radical (unpaired) electrons. The van der Waals surface area contributed by atoms with E-state index < -0.39 is 0 Å². The average Bonchev–Trinajstić information content (AvgIpc) is 3.28. The maximum Gasteiger partial charge on any atom is 0.179 e. The highest BCUT2D eigenvalue weighted by molar-refractivity contribution is 6.51. The molecule has 39 heavy (non-hydrogen) atoms. The van der Waals surface area contributed by atoms with E-state index in [-0.39, 0.29) is 6.04 Å². The van der Waals surface area contributed by atoms with Crippen molar-refractivity contribution >= 4 is 46.2 Å². The fourth-order valence-corrected chi connectivity index (χ4v) is 5.60. The lowest BCUT2D eigenvalue weighted by Crippen LogP contribution is -2.46. The Bertz CT molecular complexity index is 1790. The number of para-hydroxylation sites is 3. The minimum absolute atomic E-state index is 0.213. The summed E-state index contributed by atoms with van der Waals surface area (Å²) in [6, 6.07) is 34.4. The van der Waals surface area contributed by atoms with Gasteiger partial charge in [-0.05, 0) is 73.5 Å². The van der Waals surface area contributed by atoms with Crippen molar-refractivity contribution in [2.24, 2.45) is 9.98 Å². The molecule has 0 amide bonds. The zero-order chi connectivity index (χ0) is 26.5. The summed E-state index contributed by atoms with van der Waals surface area (Å²) in [5, 5.41) is 9.23. The lowest BCUT2D eigenvalue weighted by Gasteiger charge is -2.40. The van der Waals surface area contributed by atoms with Crippen LogP contribution in [0.1, 0.15) is 28.4 Å². The van der Waals surface area contributed by atoms with Gasteiger partial charge in [0, 0.05) is 16.3 Å². The maximum absolute atomic E-state index is 6.55. The molecular formula is C32H25ClN6. The van der Waals surface area contributed by atoms with Crippen LogP contribution in [0.2, 0.25) is 5.02 Å². The van der Waals surface area contributed by atoms with Gasteiger partial charge in [0.25, 0.3) is 0 Å². The number of aliphatic imine (C=N–C) groups is 2. The van der Waals surface area contributed by atoms with Crippen LogP contribution in [-0.4, -0.2) is 21.5 Å². The zero-order valence-electron chi connectivity index (χ0n) is 21.5. The first kappa shape index (κ1) is 23.4. The SMILES string of the molecule is Cc1cccc(NC2=Nc3ccccc3N3C2=Nc2c(c(C)nn2-c2ccccc2)[C@@H]3c2cccc(Cl)c2)c1. The van der Waals surface area contributed by atoms with E-state index in [1.54, 1.807) is 0 Å². The number of hydrogen-bond acceptors (Lipinski definition) is 5. The molecule has 190 valence electrons. The third kappa shape index (κ3) is 4.01. The van der Waals surface area contributed by atoms with E-state index >= 15 is 0 Å². The van der Waals surface area contributed by atoms with Crippen LogP contribution in [0.25, 0.3) is 5.69 Å². The molecule has 0 saturated carbocycles. The molecule has 3 heterocycles. The van der Waals surface area contributed by atoms with Crippen LogP contribution in [0.5, 0.6) is 0 Å². The summed E-state index contributed by atoms with van der Waals surface area (Å²) < 4.78 is 1.93. The maximum atomic E-state index is 6.55. The topological polar surface area (TPSA) is 57.8 Å². The number of nitrogens with one attached hydrogen (secondary N) is 1. The summed E-state index contributed by atoms with van der Waals surface area (Å²) in [4.78, 5) is 12.6. The van der Waals surface area contributed by atoms with Gasteiger partial charge in [0.15, 0.2) is 17.5 Å². The number of anilines is 2. The molecule has 2 aliphatic heterocycles. The number of rotatable bonds is 3. The zero-order valence-corrected chi connectivity index (χ0v) is 22.3. The highest BCUT2D eigenvalue weighted by Gasteiger charge is 2.41. The first-order valence-corrected chi connectivity index (χ1v) is 13.2. The first-order valence-electron chi connectivity index (χ1n) is 12.9. The third-order valence-electron chi connectivity index (χ3n) is 7.08. The molecule has 2 aliphatic rings. The Balaban J connectivity index is 1.51. The van der Waals surface area contributed by atoms with Crippen molar-refractivity contribution in [1.29, 1.82) is 0 Å². The Morgan fingerprint density at radius 1 is 0.795 bits per heavy atom. The highest BCUT2D eigenvalue weighted by atomic mass is 35.5. The molecule has 0 unspecified atom stereocenters. The van der Waals surface area contributed by atoms with Gasteiger partial charge in [-0.3, -0.25) is 0 Å². The van der Waals surface area contributed by atoms with Crippen LogP contribution in [0.15, 0.2) is 113 Å². The number of amidine groups is 2. The number of fused-ring (bicyclic) bond motifs is 4. The molecule has 6 nitrogen and oxygen atoms in total. The fraction of sp³-hybridized carbons (Fsp3) is 0.0938. The van der Waals surface area contributed by atoms with E-state index in [2.05, 4.69) is 41.4 Å². The number of nitrogens with zero attached hydrogens (tertiary/aromatic N) is 5. The smallest absolute Gasteiger partial charge is 0.179 e. The number of halogens is 1. The molecule has 7 rings (SSSR count). The van der Waals surface area contributed by atoms with E-state index in [9.17, 15) is 0 Å². The lowest BCUT2D eigenvalue weighted by molar-refractivity contribution is 0.815. The number of aromatic nitrogens is 2. The van der Waals surface area contributed by atoms with Crippen molar-refractivity contribution < 1.29 is 0 Å². The van der Waals surface area contributed by atoms with Crippen molar-refractivity contribution in [1.82, 2.24) is 9.78 Å². The van der Waals surface area contributed by atoms with Gasteiger partial charge in [0.2, 0.25) is 0 Å². The quantitative estimate of drug-likeness (QED) is 0.258. The van der Waals surface area contributed by atoms with Crippen LogP contribution < -0.4 is 10.2 Å². The standard InChI is InChI=1S/C32H25ClN6/c1-20-10-8-13-24(18-20)34-30-32-36-31-28(21(2)37-39(31)25-14-4-3-5-15-25)29(22-11-9-12-23(33)19-22)38(32)27-17-7-6-16-26(27)35-30/h3-19,29H,1-2H3,(H,34,35)/t29-/m0/s1. The van der Waals surface area contributed by atoms with Crippen molar-refractivity contribution in [2.75, 3.05) is 10.2 Å². The molecule has 0 fully saturated rings. The first-order chi connectivity index (χ1) is 19.1. The van der Waals surface area contributed by atoms with Crippen LogP contribution in [0, 0.1) is 13.8 Å². The van der Waals surface area contributed by atoms with Crippen LogP contribution in [-0.2, 0) is 0 Å². The van der Waals surface area contributed by atoms with Gasteiger partial charge >= 0.3 is 0 Å². The number of benzene rings is 4. The Hall–Kier alpha value is -4.68. The second-order valence-electron chi connectivity index (χ2n) is 9.78. The van der Waals surface area contributed by atoms with Crippen LogP contribution >= 0.6 is 11.6 Å². The van der Waals surface area contributed by atoms with Gasteiger partial charge in [-0.1, -0.05) is 66.2 Å². The summed E-state index contributed by atoms with van der Waals surface area (Å²) in [5.74, 6) is 2.19. The average molecular weight is 529 g/mol. The molecule has 0 aliphatic carbocycles. The van der Waals surface area contributed by atoms with Crippen molar-refractivity contribution in [3.05, 3.63) is 131 Å². The molecule has 4 aromatic carbocycles. The van der Waals surface area contributed by atoms with E-state index in [1.165, 1.54) is 0 Å². The lowest BCUT2D eigenvalue weighted by atomic mass is 9.93. The molecule has 0 saturated heterocycles. The van der Waals surface area contributed by atoms with Crippen LogP contribution in [0.3, 0.4) is 0 Å².